The van der Waals surface area contributed by atoms with Gasteiger partial charge >= 0.3 is 0 Å². The molecule has 12 heteroatoms. The fourth-order valence-corrected chi connectivity index (χ4v) is 8.56. The Kier molecular flexibility index (Phi) is 6.24. The quantitative estimate of drug-likeness (QED) is 0.184. The normalized spacial score (nSPS) is 23.1. The highest BCUT2D eigenvalue weighted by atomic mass is 32.2. The van der Waals surface area contributed by atoms with Crippen LogP contribution in [-0.4, -0.2) is 66.5 Å². The number of pyridine rings is 2. The van der Waals surface area contributed by atoms with Crippen LogP contribution in [0.4, 0.5) is 4.39 Å². The molecule has 10 nitrogen and oxygen atoms in total. The summed E-state index contributed by atoms with van der Waals surface area (Å²) in [6.45, 7) is 1.94. The van der Waals surface area contributed by atoms with E-state index in [0.29, 0.717) is 37.1 Å². The molecule has 0 aliphatic heterocycles. The number of allylic oxidation sites excluding steroid dienone is 1. The van der Waals surface area contributed by atoms with Gasteiger partial charge in [0.1, 0.15) is 18.3 Å². The zero-order valence-electron chi connectivity index (χ0n) is 23.5. The third-order valence-electron chi connectivity index (χ3n) is 8.65. The molecule has 7 rings (SSSR count). The van der Waals surface area contributed by atoms with Crippen LogP contribution >= 0.6 is 0 Å². The summed E-state index contributed by atoms with van der Waals surface area (Å²) in [4.78, 5) is 31.9. The van der Waals surface area contributed by atoms with Crippen LogP contribution in [0.3, 0.4) is 0 Å². The van der Waals surface area contributed by atoms with Crippen LogP contribution in [0.2, 0.25) is 0 Å². The molecule has 0 radical (unpaired) electrons. The minimum absolute atomic E-state index is 0.0620. The monoisotopic (exact) mass is 586 g/mol. The number of carbonyl (C=O) groups excluding carboxylic acids is 1. The van der Waals surface area contributed by atoms with E-state index in [1.54, 1.807) is 25.6 Å². The second-order valence-electron chi connectivity index (χ2n) is 11.6. The number of nitrogens with zero attached hydrogens (tertiary/aromatic N) is 8. The van der Waals surface area contributed by atoms with Gasteiger partial charge in [-0.2, -0.15) is 4.39 Å². The average Bonchev–Trinajstić information content (AvgIpc) is 3.55. The number of halogens is 1. The predicted molar refractivity (Wildman–Crippen MR) is 156 cm³/mol. The minimum Gasteiger partial charge on any atom is -0.298 e. The molecule has 2 saturated carbocycles. The molecule has 4 heterocycles. The Morgan fingerprint density at radius 1 is 1.12 bits per heavy atom. The summed E-state index contributed by atoms with van der Waals surface area (Å²) in [7, 11) is -1.24. The standard InChI is InChI=1S/C30H31FN8O2S/c1-19-10-11-32-24(12-19)28(40)30-14-22(39(21-6-7-21)42(3,41)29-35-17-37(2)36-29)5-4-20(30)13-26-25(15-30)34-18-38(26)23-8-9-27(31)33-16-23/h8-13,16-18,21-22H,3-7,14-15H2,1-2H3/t22-,30+,42?/m0/s1. The lowest BCUT2D eigenvalue weighted by molar-refractivity contribution is 0.0734. The summed E-state index contributed by atoms with van der Waals surface area (Å²) in [6.07, 6.45) is 12.4. The molecule has 3 atom stereocenters. The number of aryl methyl sites for hydroxylation is 2. The smallest absolute Gasteiger partial charge is 0.244 e. The van der Waals surface area contributed by atoms with Crippen molar-refractivity contribution in [2.45, 2.75) is 62.7 Å². The summed E-state index contributed by atoms with van der Waals surface area (Å²) >= 11 is 0. The Morgan fingerprint density at radius 3 is 2.64 bits per heavy atom. The van der Waals surface area contributed by atoms with Gasteiger partial charge in [0.25, 0.3) is 0 Å². The molecule has 3 aliphatic carbocycles. The van der Waals surface area contributed by atoms with Gasteiger partial charge < -0.3 is 0 Å². The fraction of sp³-hybridized carbons (Fsp3) is 0.367. The van der Waals surface area contributed by atoms with Crippen LogP contribution in [0, 0.1) is 18.3 Å². The van der Waals surface area contributed by atoms with E-state index in [1.807, 2.05) is 27.9 Å². The summed E-state index contributed by atoms with van der Waals surface area (Å²) < 4.78 is 33.3. The largest absolute Gasteiger partial charge is 0.298 e. The summed E-state index contributed by atoms with van der Waals surface area (Å²) in [5.41, 5.74) is 3.75. The molecule has 0 saturated heterocycles. The van der Waals surface area contributed by atoms with Crippen LogP contribution < -0.4 is 0 Å². The van der Waals surface area contributed by atoms with E-state index in [0.717, 1.165) is 35.4 Å². The third-order valence-corrected chi connectivity index (χ3v) is 10.7. The van der Waals surface area contributed by atoms with Crippen molar-refractivity contribution < 1.29 is 13.4 Å². The van der Waals surface area contributed by atoms with Gasteiger partial charge in [-0.25, -0.2) is 23.5 Å². The molecule has 3 aliphatic rings. The molecular weight excluding hydrogens is 555 g/mol. The van der Waals surface area contributed by atoms with Crippen LogP contribution in [0.25, 0.3) is 11.8 Å². The number of fused-ring (bicyclic) bond motifs is 2. The lowest BCUT2D eigenvalue weighted by Crippen LogP contribution is -2.51. The van der Waals surface area contributed by atoms with Gasteiger partial charge in [-0.05, 0) is 80.8 Å². The van der Waals surface area contributed by atoms with Crippen molar-refractivity contribution in [1.29, 1.82) is 0 Å². The number of aromatic nitrogens is 7. The molecule has 1 unspecified atom stereocenters. The highest BCUT2D eigenvalue weighted by Gasteiger charge is 2.53. The van der Waals surface area contributed by atoms with Gasteiger partial charge in [-0.3, -0.25) is 19.0 Å². The van der Waals surface area contributed by atoms with Crippen LogP contribution in [0.1, 0.15) is 59.5 Å². The molecule has 216 valence electrons. The third kappa shape index (κ3) is 4.40. The molecule has 0 N–H and O–H groups in total. The average molecular weight is 587 g/mol. The number of rotatable bonds is 7. The van der Waals surface area contributed by atoms with Crippen LogP contribution in [0.5, 0.6) is 0 Å². The number of Topliss-reactive ketones (excluding diaryl/α,β-unsaturated/α-hetero) is 1. The van der Waals surface area contributed by atoms with Gasteiger partial charge in [-0.15, -0.1) is 5.10 Å². The second kappa shape index (κ2) is 9.77. The van der Waals surface area contributed by atoms with Crippen molar-refractivity contribution in [3.8, 4) is 5.69 Å². The highest BCUT2D eigenvalue weighted by Crippen LogP contribution is 2.52. The maximum Gasteiger partial charge on any atom is 0.244 e. The first-order valence-electron chi connectivity index (χ1n) is 14.0. The molecule has 0 bridgehead atoms. The Balaban J connectivity index is 1.32. The van der Waals surface area contributed by atoms with E-state index in [2.05, 4.69) is 32.0 Å². The molecule has 4 aromatic rings. The maximum absolute atomic E-state index is 14.6. The lowest BCUT2D eigenvalue weighted by atomic mass is 9.60. The summed E-state index contributed by atoms with van der Waals surface area (Å²) in [5, 5.41) is 4.58. The Morgan fingerprint density at radius 2 is 1.95 bits per heavy atom. The van der Waals surface area contributed by atoms with Gasteiger partial charge in [0.15, 0.2) is 5.78 Å². The highest BCUT2D eigenvalue weighted by molar-refractivity contribution is 7.98. The van der Waals surface area contributed by atoms with Crippen molar-refractivity contribution in [1.82, 2.24) is 38.6 Å². The lowest BCUT2D eigenvalue weighted by Gasteiger charge is -2.47. The summed E-state index contributed by atoms with van der Waals surface area (Å²) in [5.74, 6) is 3.55. The van der Waals surface area contributed by atoms with Crippen molar-refractivity contribution >= 4 is 27.4 Å². The van der Waals surface area contributed by atoms with Gasteiger partial charge in [0.2, 0.25) is 11.1 Å². The molecule has 42 heavy (non-hydrogen) atoms. The van der Waals surface area contributed by atoms with Crippen LogP contribution in [-0.2, 0) is 23.2 Å². The van der Waals surface area contributed by atoms with Crippen molar-refractivity contribution in [3.63, 3.8) is 0 Å². The van der Waals surface area contributed by atoms with E-state index in [4.69, 9.17) is 4.98 Å². The van der Waals surface area contributed by atoms with Crippen LogP contribution in [0.15, 0.2) is 60.0 Å². The number of hydrogen-bond acceptors (Lipinski definition) is 7. The number of hydrogen-bond donors (Lipinski definition) is 0. The molecule has 0 amide bonds. The maximum atomic E-state index is 14.6. The molecule has 2 fully saturated rings. The fourth-order valence-electron chi connectivity index (χ4n) is 6.55. The molecule has 0 aromatic carbocycles. The van der Waals surface area contributed by atoms with Gasteiger partial charge in [-0.1, -0.05) is 5.57 Å². The number of ketones is 1. The Bertz CT molecular complexity index is 1840. The van der Waals surface area contributed by atoms with Crippen molar-refractivity contribution in [3.05, 3.63) is 83.5 Å². The van der Waals surface area contributed by atoms with E-state index in [-0.39, 0.29) is 23.0 Å². The first-order valence-corrected chi connectivity index (χ1v) is 15.7. The zero-order valence-corrected chi connectivity index (χ0v) is 24.3. The Hall–Kier alpha value is -4.03. The first-order chi connectivity index (χ1) is 20.2. The number of imidazole rings is 1. The second-order valence-corrected chi connectivity index (χ2v) is 13.7. The topological polar surface area (TPSA) is 112 Å². The van der Waals surface area contributed by atoms with E-state index in [9.17, 15) is 13.4 Å². The van der Waals surface area contributed by atoms with E-state index in [1.165, 1.54) is 23.3 Å². The van der Waals surface area contributed by atoms with Gasteiger partial charge in [0.05, 0.1) is 38.4 Å². The SMILES string of the molecule is C=S(=O)(c1ncn(C)n1)N(C1CC1)[C@H]1CCC2=Cc3c(ncn3-c3ccc(F)nc3)C[C@]2(C(=O)c2cc(C)ccn2)C1. The molecule has 0 spiro atoms. The predicted octanol–water partition coefficient (Wildman–Crippen LogP) is 3.75. The zero-order chi connectivity index (χ0) is 29.2. The molecular formula is C30H31FN8O2S. The molecule has 4 aromatic heterocycles. The number of carbonyl (C=O) groups is 1. The Labute approximate surface area is 243 Å². The first kappa shape index (κ1) is 26.8. The summed E-state index contributed by atoms with van der Waals surface area (Å²) in [6, 6.07) is 6.61. The van der Waals surface area contributed by atoms with Crippen molar-refractivity contribution in [2.75, 3.05) is 0 Å². The van der Waals surface area contributed by atoms with E-state index < -0.39 is 21.1 Å². The van der Waals surface area contributed by atoms with E-state index >= 15 is 0 Å². The van der Waals surface area contributed by atoms with Gasteiger partial charge in [0, 0.05) is 31.7 Å². The minimum atomic E-state index is -2.99. The van der Waals surface area contributed by atoms with Crippen molar-refractivity contribution in [2.24, 2.45) is 12.5 Å².